The lowest BCUT2D eigenvalue weighted by Gasteiger charge is -2.17. The molecule has 20 nitrogen and oxygen atoms in total. The second kappa shape index (κ2) is 14.6. The van der Waals surface area contributed by atoms with E-state index in [9.17, 15) is 25.3 Å². The van der Waals surface area contributed by atoms with Crippen molar-refractivity contribution in [3.8, 4) is 0 Å². The highest BCUT2D eigenvalue weighted by Crippen LogP contribution is 2.36. The van der Waals surface area contributed by atoms with Gasteiger partial charge in [0.1, 0.15) is 41.5 Å². The number of aromatic nitrogens is 8. The highest BCUT2D eigenvalue weighted by Gasteiger charge is 2.48. The maximum absolute atomic E-state index is 12.5. The summed E-state index contributed by atoms with van der Waals surface area (Å²) in [5.41, 5.74) is 1.40. The first-order valence-corrected chi connectivity index (χ1v) is 18.0. The number of rotatable bonds is 12. The fourth-order valence-corrected chi connectivity index (χ4v) is 7.71. The molecule has 6 N–H and O–H groups in total. The Morgan fingerprint density at radius 1 is 0.692 bits per heavy atom. The van der Waals surface area contributed by atoms with Crippen molar-refractivity contribution < 1.29 is 44.7 Å². The molecule has 4 aromatic rings. The monoisotopic (exact) mass is 766 g/mol. The minimum atomic E-state index is -1.46. The number of fused-ring (bicyclic) bond motifs is 2. The number of halogens is 2. The van der Waals surface area contributed by atoms with Gasteiger partial charge in [0.05, 0.1) is 12.7 Å². The van der Waals surface area contributed by atoms with Crippen molar-refractivity contribution in [2.75, 3.05) is 23.8 Å². The van der Waals surface area contributed by atoms with Gasteiger partial charge in [-0.2, -0.15) is 29.6 Å². The Hall–Kier alpha value is -3.76. The molecule has 2 saturated carbocycles. The van der Waals surface area contributed by atoms with Crippen molar-refractivity contribution >= 4 is 57.2 Å². The Bertz CT molecular complexity index is 1790. The summed E-state index contributed by atoms with van der Waals surface area (Å²) in [6.07, 6.45) is 0.783. The van der Waals surface area contributed by atoms with Crippen LogP contribution in [0.4, 0.5) is 11.6 Å². The third kappa shape index (κ3) is 6.77. The topological polar surface area (TPSA) is 249 Å². The molecular formula is C30H38Cl2N11O9+. The lowest BCUT2D eigenvalue weighted by molar-refractivity contribution is -0.982. The van der Waals surface area contributed by atoms with E-state index in [1.54, 1.807) is 0 Å². The zero-order valence-electron chi connectivity index (χ0n) is 27.6. The third-order valence-electron chi connectivity index (χ3n) is 10.1. The van der Waals surface area contributed by atoms with Gasteiger partial charge in [-0.3, -0.25) is 9.13 Å². The van der Waals surface area contributed by atoms with Crippen molar-refractivity contribution in [1.29, 1.82) is 0 Å². The van der Waals surface area contributed by atoms with Crippen LogP contribution in [0.25, 0.3) is 22.3 Å². The Labute approximate surface area is 304 Å². The van der Waals surface area contributed by atoms with Gasteiger partial charge in [-0.1, -0.05) is 25.7 Å². The minimum Gasteiger partial charge on any atom is -0.387 e. The maximum atomic E-state index is 12.5. The Kier molecular flexibility index (Phi) is 9.89. The van der Waals surface area contributed by atoms with Gasteiger partial charge in [-0.05, 0) is 48.9 Å². The molecule has 52 heavy (non-hydrogen) atoms. The average Bonchev–Trinajstić information content (AvgIpc) is 3.98. The number of hydrogen-bond donors (Lipinski definition) is 6. The van der Waals surface area contributed by atoms with Crippen molar-refractivity contribution in [3.63, 3.8) is 0 Å². The second-order valence-corrected chi connectivity index (χ2v) is 14.2. The van der Waals surface area contributed by atoms with Gasteiger partial charge in [0.25, 0.3) is 0 Å². The minimum absolute atomic E-state index is 0.0326. The molecule has 4 aliphatic rings. The van der Waals surface area contributed by atoms with Crippen LogP contribution in [0.1, 0.15) is 63.8 Å². The Morgan fingerprint density at radius 3 is 1.50 bits per heavy atom. The first kappa shape index (κ1) is 35.3. The molecule has 0 unspecified atom stereocenters. The van der Waals surface area contributed by atoms with E-state index in [4.69, 9.17) is 42.4 Å². The summed E-state index contributed by atoms with van der Waals surface area (Å²) in [4.78, 5) is 48.6. The van der Waals surface area contributed by atoms with Gasteiger partial charge in [0, 0.05) is 12.1 Å². The molecule has 8 atom stereocenters. The molecule has 0 bridgehead atoms. The van der Waals surface area contributed by atoms with Crippen LogP contribution in [0.3, 0.4) is 0 Å². The van der Waals surface area contributed by atoms with Crippen LogP contribution >= 0.6 is 23.2 Å². The van der Waals surface area contributed by atoms with E-state index in [1.165, 1.54) is 21.8 Å². The normalized spacial score (nSPS) is 29.8. The summed E-state index contributed by atoms with van der Waals surface area (Å²) < 4.78 is 14.6. The van der Waals surface area contributed by atoms with Gasteiger partial charge < -0.3 is 40.5 Å². The lowest BCUT2D eigenvalue weighted by Crippen LogP contribution is -2.36. The molecule has 0 spiro atoms. The fourth-order valence-electron chi connectivity index (χ4n) is 7.38. The summed E-state index contributed by atoms with van der Waals surface area (Å²) in [5, 5.41) is 49.7. The molecule has 22 heteroatoms. The van der Waals surface area contributed by atoms with E-state index >= 15 is 0 Å². The number of imidazole rings is 2. The van der Waals surface area contributed by atoms with Gasteiger partial charge in [-0.15, -0.1) is 0 Å². The van der Waals surface area contributed by atoms with Crippen molar-refractivity contribution in [2.45, 2.75) is 113 Å². The smallest absolute Gasteiger partial charge is 0.387 e. The molecule has 0 amide bonds. The van der Waals surface area contributed by atoms with Gasteiger partial charge >= 0.3 is 5.09 Å². The van der Waals surface area contributed by atoms with E-state index in [-0.39, 0.29) is 39.0 Å². The number of nitrogens with zero attached hydrogens (tertiary/aromatic N) is 9. The van der Waals surface area contributed by atoms with Crippen LogP contribution in [0, 0.1) is 4.91 Å². The summed E-state index contributed by atoms with van der Waals surface area (Å²) in [6.45, 7) is -1.04. The van der Waals surface area contributed by atoms with Crippen LogP contribution in [-0.2, 0) is 19.1 Å². The van der Waals surface area contributed by atoms with Gasteiger partial charge in [0.2, 0.25) is 10.6 Å². The zero-order chi connectivity index (χ0) is 36.1. The van der Waals surface area contributed by atoms with Crippen LogP contribution in [0.5, 0.6) is 0 Å². The van der Waals surface area contributed by atoms with Crippen molar-refractivity contribution in [2.24, 2.45) is 0 Å². The number of hydrogen-bond acceptors (Lipinski definition) is 17. The van der Waals surface area contributed by atoms with Crippen LogP contribution in [0.2, 0.25) is 10.6 Å². The highest BCUT2D eigenvalue weighted by molar-refractivity contribution is 6.29. The molecule has 0 aromatic carbocycles. The van der Waals surface area contributed by atoms with E-state index in [0.717, 1.165) is 51.4 Å². The average molecular weight is 768 g/mol. The van der Waals surface area contributed by atoms with Crippen LogP contribution in [0.15, 0.2) is 12.7 Å². The molecule has 8 rings (SSSR count). The number of aliphatic hydroxyl groups excluding tert-OH is 4. The molecule has 0 radical (unpaired) electrons. The van der Waals surface area contributed by atoms with E-state index in [1.807, 2.05) is 0 Å². The first-order chi connectivity index (χ1) is 25.1. The summed E-state index contributed by atoms with van der Waals surface area (Å²) in [5.74, 6) is 0.918. The molecule has 2 saturated heterocycles. The van der Waals surface area contributed by atoms with Crippen LogP contribution < -0.4 is 10.6 Å². The zero-order valence-corrected chi connectivity index (χ0v) is 29.1. The quantitative estimate of drug-likeness (QED) is 0.0884. The summed E-state index contributed by atoms with van der Waals surface area (Å²) >= 11 is 12.5. The molecule has 2 aliphatic heterocycles. The molecule has 6 heterocycles. The lowest BCUT2D eigenvalue weighted by atomic mass is 10.1. The fraction of sp³-hybridized carbons (Fsp3) is 0.667. The van der Waals surface area contributed by atoms with Crippen molar-refractivity contribution in [1.82, 2.24) is 39.0 Å². The Balaban J connectivity index is 0.874. The van der Waals surface area contributed by atoms with E-state index < -0.39 is 62.3 Å². The first-order valence-electron chi connectivity index (χ1n) is 17.2. The molecule has 4 fully saturated rings. The third-order valence-corrected chi connectivity index (χ3v) is 10.4. The Morgan fingerprint density at radius 2 is 1.10 bits per heavy atom. The maximum Gasteiger partial charge on any atom is 0.477 e. The number of ether oxygens (including phenoxy) is 2. The number of anilines is 2. The van der Waals surface area contributed by atoms with Crippen LogP contribution in [-0.4, -0.2) is 126 Å². The number of nitrogens with one attached hydrogen (secondary N) is 2. The highest BCUT2D eigenvalue weighted by atomic mass is 35.5. The number of aliphatic hydroxyl groups is 4. The molecule has 280 valence electrons. The van der Waals surface area contributed by atoms with E-state index in [0.29, 0.717) is 22.7 Å². The molecular weight excluding hydrogens is 729 g/mol. The predicted molar refractivity (Wildman–Crippen MR) is 180 cm³/mol. The summed E-state index contributed by atoms with van der Waals surface area (Å²) in [6, 6.07) is 0.457. The second-order valence-electron chi connectivity index (χ2n) is 13.5. The molecule has 4 aromatic heterocycles. The summed E-state index contributed by atoms with van der Waals surface area (Å²) in [7, 11) is 0. The largest absolute Gasteiger partial charge is 0.477 e. The van der Waals surface area contributed by atoms with Gasteiger partial charge in [0.15, 0.2) is 59.6 Å². The van der Waals surface area contributed by atoms with Gasteiger partial charge in [-0.25, -0.2) is 9.97 Å². The predicted octanol–water partition coefficient (Wildman–Crippen LogP) is 1.56. The van der Waals surface area contributed by atoms with E-state index in [2.05, 4.69) is 40.5 Å². The SMILES string of the molecule is O=[N+](OC[C@H]1O[C@@H](n2cnc3c(NC4CCCC4)nc(Cl)nc32)[C@H](O)[C@H]1O)OC[C@H]1O[C@@H](n2cnc3c(NC4CCCC4)nc(Cl)nc32)[C@H](O)[C@H]1O. The van der Waals surface area contributed by atoms with Crippen molar-refractivity contribution in [3.05, 3.63) is 28.1 Å². The standard InChI is InChI=1S/C30H38Cl2N11O9/c31-29-37-23(35-13-5-1-2-6-13)17-25(39-29)41(11-33-17)27-21(46)19(44)15(51-27)9-49-43(48)50-10-16-20(45)22(47)28(52-16)42-12-34-18-24(36-14-7-3-4-8-14)38-30(32)40-26(18)42/h11-16,19-22,27-28,44-47H,1-10H2,(H,35,37,39)(H,36,38,40)/q+1/t15-,16-,19+,20+,21-,22-,27-,28-/m1/s1. The molecule has 2 aliphatic carbocycles.